The lowest BCUT2D eigenvalue weighted by molar-refractivity contribution is -0.151. The van der Waals surface area contributed by atoms with Crippen molar-refractivity contribution < 1.29 is 28.7 Å². The third-order valence-electron chi connectivity index (χ3n) is 13.9. The number of rotatable bonds is 20. The first kappa shape index (κ1) is 43.4. The summed E-state index contributed by atoms with van der Waals surface area (Å²) in [6.45, 7) is 9.90. The van der Waals surface area contributed by atoms with Crippen LogP contribution < -0.4 is 48.3 Å². The van der Waals surface area contributed by atoms with Crippen molar-refractivity contribution in [3.63, 3.8) is 0 Å². The van der Waals surface area contributed by atoms with Crippen molar-refractivity contribution in [1.29, 1.82) is 0 Å². The van der Waals surface area contributed by atoms with Crippen molar-refractivity contribution in [1.82, 2.24) is 63.2 Å². The average molecular weight is 815 g/mol. The molecule has 58 heavy (non-hydrogen) atoms. The third-order valence-corrected chi connectivity index (χ3v) is 13.9. The Bertz CT molecular complexity index is 1440. The Balaban J connectivity index is 0.706. The number of nitrogens with one attached hydrogen (secondary N) is 9. The standard InChI is InChI=1S/C40H70N12O6/c1-3-25(4-2)31-22-34(52-33(46-31)13-16-44-52)45-27-10-9-26(21-27)43-23-36(54)42-15-6-18-50-24-28(48-49-50)14-19-58-20-17-41-30-8-5-7-29-37(30)40(57)51(39(29)56)32-11-12-35(53)47-38(32)55/h25-34,37,41,43-46,48-49H,3-24H2,1-2H3,(H,42,54)(H,47,53,55)/t26-,27-,28?,29?,30?,31?,32?,33?,34?,37?/m0/s1. The van der Waals surface area contributed by atoms with Crippen LogP contribution in [0.4, 0.5) is 0 Å². The molecule has 9 N–H and O–H groups in total. The molecule has 0 aromatic carbocycles. The van der Waals surface area contributed by atoms with Crippen LogP contribution in [0.25, 0.3) is 0 Å². The fraction of sp³-hybridized carbons (Fsp3) is 0.875. The van der Waals surface area contributed by atoms with Crippen LogP contribution in [0.5, 0.6) is 0 Å². The van der Waals surface area contributed by atoms with Crippen LogP contribution >= 0.6 is 0 Å². The molecule has 18 heteroatoms. The fourth-order valence-electron chi connectivity index (χ4n) is 10.7. The molecule has 5 aliphatic heterocycles. The van der Waals surface area contributed by atoms with Gasteiger partial charge in [0.25, 0.3) is 0 Å². The number of hydrogen-bond donors (Lipinski definition) is 9. The number of amides is 5. The van der Waals surface area contributed by atoms with E-state index in [1.54, 1.807) is 0 Å². The molecule has 7 rings (SSSR count). The lowest BCUT2D eigenvalue weighted by atomic mass is 9.77. The van der Waals surface area contributed by atoms with Gasteiger partial charge in [0.15, 0.2) is 0 Å². The van der Waals surface area contributed by atoms with Gasteiger partial charge in [-0.2, -0.15) is 5.53 Å². The van der Waals surface area contributed by atoms with E-state index in [0.717, 1.165) is 82.3 Å². The SMILES string of the molecule is CCC(CC)C1CC(N[C@H]2CC[C@H](NCC(=O)NCCCN3CC(CCOCCNC4CCCC5C(=O)N(C6CCC(=O)NC6=O)C(=O)C45)NN3)C2)N2NCCC2N1. The molecule has 5 heterocycles. The Hall–Kier alpha value is -2.65. The topological polar surface area (TPSA) is 213 Å². The zero-order valence-electron chi connectivity index (χ0n) is 34.7. The maximum atomic E-state index is 13.4. The smallest absolute Gasteiger partial charge is 0.249 e. The van der Waals surface area contributed by atoms with Gasteiger partial charge < -0.3 is 20.7 Å². The van der Waals surface area contributed by atoms with E-state index in [1.165, 1.54) is 12.8 Å². The predicted molar refractivity (Wildman–Crippen MR) is 216 cm³/mol. The fourth-order valence-corrected chi connectivity index (χ4v) is 10.7. The summed E-state index contributed by atoms with van der Waals surface area (Å²) in [6.07, 6.45) is 12.9. The molecule has 2 aliphatic carbocycles. The average Bonchev–Trinajstić information content (AvgIpc) is 4.03. The number of likely N-dealkylation sites (tertiary alicyclic amines) is 1. The van der Waals surface area contributed by atoms with Crippen molar-refractivity contribution in [2.24, 2.45) is 17.8 Å². The third kappa shape index (κ3) is 10.6. The highest BCUT2D eigenvalue weighted by atomic mass is 16.5. The molecule has 0 spiro atoms. The van der Waals surface area contributed by atoms with Gasteiger partial charge in [0.05, 0.1) is 37.3 Å². The number of ether oxygens (including phenoxy) is 1. The van der Waals surface area contributed by atoms with Crippen LogP contribution in [-0.4, -0.2) is 146 Å². The molecule has 0 radical (unpaired) electrons. The highest BCUT2D eigenvalue weighted by molar-refractivity contribution is 6.11. The van der Waals surface area contributed by atoms with Gasteiger partial charge in [0, 0.05) is 76.0 Å². The number of imide groups is 2. The number of piperidine rings is 1. The maximum Gasteiger partial charge on any atom is 0.249 e. The van der Waals surface area contributed by atoms with E-state index >= 15 is 0 Å². The second-order valence-corrected chi connectivity index (χ2v) is 17.6. The molecule has 7 aliphatic rings. The van der Waals surface area contributed by atoms with Crippen LogP contribution in [0.3, 0.4) is 0 Å². The number of fused-ring (bicyclic) bond motifs is 2. The van der Waals surface area contributed by atoms with E-state index in [1.807, 2.05) is 0 Å². The van der Waals surface area contributed by atoms with Crippen LogP contribution in [0.2, 0.25) is 0 Å². The Labute approximate surface area is 343 Å². The van der Waals surface area contributed by atoms with E-state index in [2.05, 4.69) is 72.2 Å². The largest absolute Gasteiger partial charge is 0.380 e. The molecule has 7 fully saturated rings. The number of hydrogen-bond acceptors (Lipinski definition) is 15. The summed E-state index contributed by atoms with van der Waals surface area (Å²) in [5.41, 5.74) is 10.2. The van der Waals surface area contributed by atoms with E-state index in [4.69, 9.17) is 4.74 Å². The minimum absolute atomic E-state index is 0.0461. The summed E-state index contributed by atoms with van der Waals surface area (Å²) >= 11 is 0. The highest BCUT2D eigenvalue weighted by Gasteiger charge is 2.55. The monoisotopic (exact) mass is 815 g/mol. The summed E-state index contributed by atoms with van der Waals surface area (Å²) in [5, 5.41) is 24.8. The first-order valence-electron chi connectivity index (χ1n) is 22.5. The van der Waals surface area contributed by atoms with Crippen LogP contribution in [0.1, 0.15) is 104 Å². The Morgan fingerprint density at radius 2 is 1.78 bits per heavy atom. The zero-order valence-corrected chi connectivity index (χ0v) is 34.7. The lowest BCUT2D eigenvalue weighted by Gasteiger charge is -2.45. The van der Waals surface area contributed by atoms with Gasteiger partial charge in [-0.15, -0.1) is 0 Å². The van der Waals surface area contributed by atoms with Crippen molar-refractivity contribution in [2.75, 3.05) is 52.5 Å². The molecule has 2 saturated carbocycles. The van der Waals surface area contributed by atoms with E-state index < -0.39 is 23.8 Å². The Morgan fingerprint density at radius 1 is 0.931 bits per heavy atom. The van der Waals surface area contributed by atoms with E-state index in [9.17, 15) is 24.0 Å². The summed E-state index contributed by atoms with van der Waals surface area (Å²) in [5.74, 6) is -1.67. The van der Waals surface area contributed by atoms with Gasteiger partial charge in [0.2, 0.25) is 29.5 Å². The maximum absolute atomic E-state index is 13.4. The Morgan fingerprint density at radius 3 is 2.60 bits per heavy atom. The second-order valence-electron chi connectivity index (χ2n) is 17.6. The van der Waals surface area contributed by atoms with Gasteiger partial charge >= 0.3 is 0 Å². The van der Waals surface area contributed by atoms with Crippen molar-refractivity contribution in [3.05, 3.63) is 0 Å². The van der Waals surface area contributed by atoms with Crippen molar-refractivity contribution in [2.45, 2.75) is 152 Å². The number of carbonyl (C=O) groups is 5. The number of nitrogens with zero attached hydrogens (tertiary/aromatic N) is 3. The van der Waals surface area contributed by atoms with Crippen LogP contribution in [0, 0.1) is 17.8 Å². The molecule has 8 unspecified atom stereocenters. The van der Waals surface area contributed by atoms with Gasteiger partial charge in [-0.1, -0.05) is 33.1 Å². The minimum atomic E-state index is -0.900. The molecular weight excluding hydrogens is 745 g/mol. The first-order valence-corrected chi connectivity index (χ1v) is 22.5. The van der Waals surface area contributed by atoms with Crippen LogP contribution in [0.15, 0.2) is 0 Å². The first-order chi connectivity index (χ1) is 28.2. The second kappa shape index (κ2) is 20.7. The summed E-state index contributed by atoms with van der Waals surface area (Å²) in [7, 11) is 0. The van der Waals surface area contributed by atoms with E-state index in [0.29, 0.717) is 75.6 Å². The lowest BCUT2D eigenvalue weighted by Crippen LogP contribution is -2.66. The van der Waals surface area contributed by atoms with Gasteiger partial charge in [-0.25, -0.2) is 15.4 Å². The molecular formula is C40H70N12O6. The normalized spacial score (nSPS) is 34.6. The summed E-state index contributed by atoms with van der Waals surface area (Å²) in [4.78, 5) is 64.5. The number of hydrazine groups is 3. The summed E-state index contributed by atoms with van der Waals surface area (Å²) < 4.78 is 5.92. The molecule has 0 aromatic rings. The summed E-state index contributed by atoms with van der Waals surface area (Å²) in [6, 6.07) is 0.556. The predicted octanol–water partition coefficient (Wildman–Crippen LogP) is -1.10. The zero-order chi connectivity index (χ0) is 40.6. The van der Waals surface area contributed by atoms with Crippen molar-refractivity contribution >= 4 is 29.5 Å². The minimum Gasteiger partial charge on any atom is -0.380 e. The molecule has 18 nitrogen and oxygen atoms in total. The molecule has 10 atom stereocenters. The number of carbonyl (C=O) groups excluding carboxylic acids is 5. The highest BCUT2D eigenvalue weighted by Crippen LogP contribution is 2.40. The van der Waals surface area contributed by atoms with Gasteiger partial charge in [0.1, 0.15) is 6.04 Å². The molecule has 5 amide bonds. The van der Waals surface area contributed by atoms with E-state index in [-0.39, 0.29) is 48.6 Å². The molecule has 0 aromatic heterocycles. The van der Waals surface area contributed by atoms with Gasteiger partial charge in [-0.05, 0) is 70.1 Å². The molecule has 326 valence electrons. The van der Waals surface area contributed by atoms with Crippen LogP contribution in [-0.2, 0) is 28.7 Å². The quantitative estimate of drug-likeness (QED) is 0.0528. The van der Waals surface area contributed by atoms with Gasteiger partial charge in [-0.3, -0.25) is 50.2 Å². The Kier molecular flexibility index (Phi) is 15.5. The van der Waals surface area contributed by atoms with Crippen molar-refractivity contribution in [3.8, 4) is 0 Å². The molecule has 5 saturated heterocycles. The molecule has 0 bridgehead atoms.